The fraction of sp³-hybridized carbons (Fsp3) is 0.542. The highest BCUT2D eigenvalue weighted by atomic mass is 19.1. The Balaban J connectivity index is 1.81. The molecule has 2 aliphatic rings. The molecule has 32 heavy (non-hydrogen) atoms. The van der Waals surface area contributed by atoms with E-state index in [2.05, 4.69) is 11.4 Å². The van der Waals surface area contributed by atoms with Crippen LogP contribution >= 0.6 is 0 Å². The number of aromatic nitrogens is 1. The van der Waals surface area contributed by atoms with Gasteiger partial charge in [0.15, 0.2) is 0 Å². The molecule has 0 radical (unpaired) electrons. The zero-order valence-corrected chi connectivity index (χ0v) is 18.9. The van der Waals surface area contributed by atoms with Gasteiger partial charge in [-0.15, -0.1) is 0 Å². The number of carboxylic acids is 1. The van der Waals surface area contributed by atoms with Crippen molar-refractivity contribution in [3.8, 4) is 6.07 Å². The molecule has 7 nitrogen and oxygen atoms in total. The van der Waals surface area contributed by atoms with Crippen LogP contribution in [0, 0.1) is 35.4 Å². The normalized spacial score (nSPS) is 19.9. The lowest BCUT2D eigenvalue weighted by Crippen LogP contribution is -2.46. The van der Waals surface area contributed by atoms with Crippen molar-refractivity contribution in [3.63, 3.8) is 0 Å². The summed E-state index contributed by atoms with van der Waals surface area (Å²) in [6.07, 6.45) is 4.05. The van der Waals surface area contributed by atoms with Gasteiger partial charge in [0.05, 0.1) is 22.7 Å². The van der Waals surface area contributed by atoms with Gasteiger partial charge in [-0.3, -0.25) is 4.79 Å². The Kier molecular flexibility index (Phi) is 5.49. The topological polar surface area (TPSA) is 98.4 Å². The molecule has 1 saturated carbocycles. The Morgan fingerprint density at radius 3 is 2.62 bits per heavy atom. The second-order valence-corrected chi connectivity index (χ2v) is 9.64. The van der Waals surface area contributed by atoms with Gasteiger partial charge in [-0.25, -0.2) is 9.18 Å². The van der Waals surface area contributed by atoms with E-state index in [0.29, 0.717) is 29.9 Å². The predicted molar refractivity (Wildman–Crippen MR) is 121 cm³/mol. The van der Waals surface area contributed by atoms with Crippen LogP contribution in [-0.4, -0.2) is 41.8 Å². The van der Waals surface area contributed by atoms with Crippen molar-refractivity contribution in [1.82, 2.24) is 9.88 Å². The zero-order valence-electron chi connectivity index (χ0n) is 18.9. The van der Waals surface area contributed by atoms with Gasteiger partial charge in [-0.2, -0.15) is 5.26 Å². The first kappa shape index (κ1) is 22.3. The smallest absolute Gasteiger partial charge is 0.341 e. The molecule has 2 fully saturated rings. The summed E-state index contributed by atoms with van der Waals surface area (Å²) < 4.78 is 17.2. The maximum absolute atomic E-state index is 15.4. The van der Waals surface area contributed by atoms with E-state index in [0.717, 1.165) is 19.3 Å². The van der Waals surface area contributed by atoms with E-state index in [1.165, 1.54) is 12.3 Å². The number of halogens is 1. The standard InChI is InChI=1S/C24H29FN4O3/c1-13-19-16(21(30)17(23(31)32)11-29(19)15-5-6-15)9-18(25)20(13)28-8-7-14(10-28)22(27-4)24(2,3)12-26/h9,11,14-15,22,27H,5-8,10H2,1-4H3,(H,31,32). The molecule has 170 valence electrons. The zero-order chi connectivity index (χ0) is 23.4. The number of carboxylic acid groups (broad SMARTS) is 1. The van der Waals surface area contributed by atoms with Crippen LogP contribution < -0.4 is 15.6 Å². The molecule has 1 aromatic carbocycles. The number of anilines is 1. The van der Waals surface area contributed by atoms with Gasteiger partial charge < -0.3 is 19.9 Å². The first-order chi connectivity index (χ1) is 15.1. The number of nitrogens with zero attached hydrogens (tertiary/aromatic N) is 3. The number of aryl methyl sites for hydroxylation is 1. The number of carbonyl (C=O) groups is 1. The minimum absolute atomic E-state index is 0.0379. The monoisotopic (exact) mass is 440 g/mol. The highest BCUT2D eigenvalue weighted by Crippen LogP contribution is 2.41. The molecule has 0 spiro atoms. The molecule has 4 rings (SSSR count). The van der Waals surface area contributed by atoms with Crippen LogP contribution in [0.2, 0.25) is 0 Å². The summed E-state index contributed by atoms with van der Waals surface area (Å²) in [4.78, 5) is 26.4. The molecule has 1 aliphatic carbocycles. The van der Waals surface area contributed by atoms with E-state index in [1.807, 2.05) is 37.3 Å². The van der Waals surface area contributed by atoms with Gasteiger partial charge in [-0.05, 0) is 64.6 Å². The Hall–Kier alpha value is -2.92. The Labute approximate surface area is 186 Å². The fourth-order valence-electron chi connectivity index (χ4n) is 5.37. The van der Waals surface area contributed by atoms with Gasteiger partial charge in [-0.1, -0.05) is 0 Å². The number of rotatable bonds is 6. The summed E-state index contributed by atoms with van der Waals surface area (Å²) in [5.41, 5.74) is 0.191. The summed E-state index contributed by atoms with van der Waals surface area (Å²) in [5.74, 6) is -1.64. The molecule has 2 heterocycles. The van der Waals surface area contributed by atoms with Crippen LogP contribution in [0.5, 0.6) is 0 Å². The van der Waals surface area contributed by atoms with Crippen LogP contribution in [0.25, 0.3) is 10.9 Å². The van der Waals surface area contributed by atoms with Crippen LogP contribution in [0.4, 0.5) is 10.1 Å². The molecule has 1 saturated heterocycles. The maximum Gasteiger partial charge on any atom is 0.341 e. The molecule has 2 unspecified atom stereocenters. The van der Waals surface area contributed by atoms with E-state index in [4.69, 9.17) is 0 Å². The molecule has 2 aromatic rings. The molecule has 1 aromatic heterocycles. The van der Waals surface area contributed by atoms with Crippen molar-refractivity contribution < 1.29 is 14.3 Å². The molecule has 2 atom stereocenters. The number of hydrogen-bond acceptors (Lipinski definition) is 5. The number of hydrogen-bond donors (Lipinski definition) is 2. The van der Waals surface area contributed by atoms with Gasteiger partial charge in [0.1, 0.15) is 11.4 Å². The number of pyridine rings is 1. The van der Waals surface area contributed by atoms with Crippen molar-refractivity contribution in [3.05, 3.63) is 39.4 Å². The van der Waals surface area contributed by atoms with Crippen molar-refractivity contribution >= 4 is 22.6 Å². The second kappa shape index (κ2) is 7.89. The molecule has 8 heteroatoms. The summed E-state index contributed by atoms with van der Waals surface area (Å²) in [6, 6.07) is 3.67. The van der Waals surface area contributed by atoms with Gasteiger partial charge >= 0.3 is 5.97 Å². The molecular weight excluding hydrogens is 411 g/mol. The first-order valence-corrected chi connectivity index (χ1v) is 11.1. The lowest BCUT2D eigenvalue weighted by atomic mass is 9.78. The minimum atomic E-state index is -1.30. The molecular formula is C24H29FN4O3. The maximum atomic E-state index is 15.4. The Morgan fingerprint density at radius 1 is 1.38 bits per heavy atom. The number of nitriles is 1. The van der Waals surface area contributed by atoms with E-state index >= 15 is 4.39 Å². The fourth-order valence-corrected chi connectivity index (χ4v) is 5.37. The lowest BCUT2D eigenvalue weighted by molar-refractivity contribution is 0.0695. The average Bonchev–Trinajstić information content (AvgIpc) is 3.48. The quantitative estimate of drug-likeness (QED) is 0.714. The first-order valence-electron chi connectivity index (χ1n) is 11.1. The lowest BCUT2D eigenvalue weighted by Gasteiger charge is -2.33. The summed E-state index contributed by atoms with van der Waals surface area (Å²) in [5, 5.41) is 22.4. The molecule has 2 N–H and O–H groups in total. The summed E-state index contributed by atoms with van der Waals surface area (Å²) >= 11 is 0. The molecule has 0 bridgehead atoms. The third-order valence-corrected chi connectivity index (χ3v) is 7.04. The largest absolute Gasteiger partial charge is 0.477 e. The second-order valence-electron chi connectivity index (χ2n) is 9.64. The predicted octanol–water partition coefficient (Wildman–Crippen LogP) is 3.45. The van der Waals surface area contributed by atoms with E-state index in [-0.39, 0.29) is 29.0 Å². The SMILES string of the molecule is CNC(C1CCN(c2c(F)cc3c(=O)c(C(=O)O)cn(C4CC4)c3c2C)C1)C(C)(C)C#N. The Morgan fingerprint density at radius 2 is 2.06 bits per heavy atom. The number of fused-ring (bicyclic) bond motifs is 1. The van der Waals surface area contributed by atoms with Crippen LogP contribution in [-0.2, 0) is 0 Å². The van der Waals surface area contributed by atoms with Crippen molar-refractivity contribution in [2.75, 3.05) is 25.0 Å². The number of nitrogens with one attached hydrogen (secondary N) is 1. The third kappa shape index (κ3) is 3.55. The van der Waals surface area contributed by atoms with Crippen molar-refractivity contribution in [2.45, 2.75) is 52.1 Å². The van der Waals surface area contributed by atoms with Crippen molar-refractivity contribution in [1.29, 1.82) is 5.26 Å². The molecule has 1 aliphatic heterocycles. The van der Waals surface area contributed by atoms with E-state index in [1.54, 1.807) is 0 Å². The van der Waals surface area contributed by atoms with Crippen LogP contribution in [0.1, 0.15) is 55.1 Å². The van der Waals surface area contributed by atoms with Crippen molar-refractivity contribution in [2.24, 2.45) is 11.3 Å². The highest BCUT2D eigenvalue weighted by Gasteiger charge is 2.39. The Bertz CT molecular complexity index is 1190. The summed E-state index contributed by atoms with van der Waals surface area (Å²) in [6.45, 7) is 6.87. The van der Waals surface area contributed by atoms with E-state index in [9.17, 15) is 20.0 Å². The number of benzene rings is 1. The van der Waals surface area contributed by atoms with Crippen LogP contribution in [0.15, 0.2) is 17.1 Å². The summed E-state index contributed by atoms with van der Waals surface area (Å²) in [7, 11) is 1.85. The number of aromatic carboxylic acids is 1. The van der Waals surface area contributed by atoms with Gasteiger partial charge in [0, 0.05) is 36.8 Å². The van der Waals surface area contributed by atoms with Crippen LogP contribution in [0.3, 0.4) is 0 Å². The minimum Gasteiger partial charge on any atom is -0.477 e. The van der Waals surface area contributed by atoms with Gasteiger partial charge in [0.25, 0.3) is 0 Å². The van der Waals surface area contributed by atoms with Gasteiger partial charge in [0.2, 0.25) is 5.43 Å². The molecule has 0 amide bonds. The highest BCUT2D eigenvalue weighted by molar-refractivity contribution is 5.95. The average molecular weight is 441 g/mol. The van der Waals surface area contributed by atoms with E-state index < -0.39 is 22.6 Å². The third-order valence-electron chi connectivity index (χ3n) is 7.04.